The van der Waals surface area contributed by atoms with Crippen LogP contribution in [0.2, 0.25) is 0 Å². The number of carbonyl (C=O) groups is 1. The molecule has 0 radical (unpaired) electrons. The number of fused-ring (bicyclic) bond motifs is 1. The summed E-state index contributed by atoms with van der Waals surface area (Å²) in [5, 5.41) is 8.12. The van der Waals surface area contributed by atoms with Gasteiger partial charge in [0.2, 0.25) is 0 Å². The number of carbonyl (C=O) groups excluding carboxylic acids is 1. The maximum absolute atomic E-state index is 12.0. The molecule has 0 fully saturated rings. The summed E-state index contributed by atoms with van der Waals surface area (Å²) in [6.07, 6.45) is 4.27. The van der Waals surface area contributed by atoms with Crippen molar-refractivity contribution in [3.63, 3.8) is 0 Å². The standard InChI is InChI=1S/C14H20N4O/c1-5-10(4)17-14(19)12-6-11-8-16-18(9(2)3)13(11)15-7-12/h6-10H,5H2,1-4H3,(H,17,19)/t10-/m0/s1. The average Bonchev–Trinajstić information content (AvgIpc) is 2.81. The molecule has 2 rings (SSSR count). The average molecular weight is 260 g/mol. The lowest BCUT2D eigenvalue weighted by molar-refractivity contribution is 0.0939. The summed E-state index contributed by atoms with van der Waals surface area (Å²) < 4.78 is 1.85. The lowest BCUT2D eigenvalue weighted by atomic mass is 10.2. The first-order chi connectivity index (χ1) is 9.02. The van der Waals surface area contributed by atoms with Crippen LogP contribution in [0.25, 0.3) is 11.0 Å². The van der Waals surface area contributed by atoms with Gasteiger partial charge < -0.3 is 5.32 Å². The quantitative estimate of drug-likeness (QED) is 0.919. The number of rotatable bonds is 4. The highest BCUT2D eigenvalue weighted by Gasteiger charge is 2.12. The van der Waals surface area contributed by atoms with Crippen LogP contribution in [0.5, 0.6) is 0 Å². The molecule has 1 N–H and O–H groups in total. The number of nitrogens with zero attached hydrogens (tertiary/aromatic N) is 3. The minimum Gasteiger partial charge on any atom is -0.350 e. The lowest BCUT2D eigenvalue weighted by Gasteiger charge is -2.11. The third-order valence-corrected chi connectivity index (χ3v) is 3.17. The largest absolute Gasteiger partial charge is 0.350 e. The summed E-state index contributed by atoms with van der Waals surface area (Å²) in [4.78, 5) is 16.4. The van der Waals surface area contributed by atoms with Crippen LogP contribution in [0.4, 0.5) is 0 Å². The van der Waals surface area contributed by atoms with Crippen LogP contribution in [0.15, 0.2) is 18.5 Å². The molecular formula is C14H20N4O. The van der Waals surface area contributed by atoms with Crippen molar-refractivity contribution < 1.29 is 4.79 Å². The van der Waals surface area contributed by atoms with E-state index in [1.165, 1.54) is 0 Å². The molecular weight excluding hydrogens is 240 g/mol. The van der Waals surface area contributed by atoms with Crippen LogP contribution in [-0.4, -0.2) is 26.7 Å². The fraction of sp³-hybridized carbons (Fsp3) is 0.500. The molecule has 0 aliphatic rings. The zero-order chi connectivity index (χ0) is 14.0. The Hall–Kier alpha value is -1.91. The molecule has 0 aliphatic heterocycles. The number of hydrogen-bond acceptors (Lipinski definition) is 3. The van der Waals surface area contributed by atoms with Crippen LogP contribution >= 0.6 is 0 Å². The first kappa shape index (κ1) is 13.5. The molecule has 0 saturated carbocycles. The minimum absolute atomic E-state index is 0.0824. The monoisotopic (exact) mass is 260 g/mol. The number of hydrogen-bond donors (Lipinski definition) is 1. The van der Waals surface area contributed by atoms with Crippen molar-refractivity contribution in [1.82, 2.24) is 20.1 Å². The molecule has 0 spiro atoms. The minimum atomic E-state index is -0.0824. The number of nitrogens with one attached hydrogen (secondary N) is 1. The molecule has 0 bridgehead atoms. The van der Waals surface area contributed by atoms with Crippen molar-refractivity contribution in [2.24, 2.45) is 0 Å². The third-order valence-electron chi connectivity index (χ3n) is 3.17. The van der Waals surface area contributed by atoms with Crippen molar-refractivity contribution in [1.29, 1.82) is 0 Å². The smallest absolute Gasteiger partial charge is 0.253 e. The van der Waals surface area contributed by atoms with Gasteiger partial charge in [-0.3, -0.25) is 4.79 Å². The van der Waals surface area contributed by atoms with E-state index in [4.69, 9.17) is 0 Å². The Balaban J connectivity index is 2.30. The van der Waals surface area contributed by atoms with Gasteiger partial charge in [-0.25, -0.2) is 9.67 Å². The lowest BCUT2D eigenvalue weighted by Crippen LogP contribution is -2.31. The molecule has 0 aromatic carbocycles. The molecule has 2 aromatic rings. The molecule has 0 saturated heterocycles. The van der Waals surface area contributed by atoms with Crippen LogP contribution < -0.4 is 5.32 Å². The maximum atomic E-state index is 12.0. The van der Waals surface area contributed by atoms with Crippen molar-refractivity contribution >= 4 is 16.9 Å². The van der Waals surface area contributed by atoms with Crippen molar-refractivity contribution in [2.75, 3.05) is 0 Å². The van der Waals surface area contributed by atoms with E-state index in [2.05, 4.69) is 29.2 Å². The van der Waals surface area contributed by atoms with Crippen LogP contribution in [0.3, 0.4) is 0 Å². The van der Waals surface area contributed by atoms with Gasteiger partial charge >= 0.3 is 0 Å². The predicted molar refractivity (Wildman–Crippen MR) is 75.1 cm³/mol. The second-order valence-electron chi connectivity index (χ2n) is 5.10. The molecule has 5 nitrogen and oxygen atoms in total. The predicted octanol–water partition coefficient (Wildman–Crippen LogP) is 2.54. The molecule has 0 aliphatic carbocycles. The van der Waals surface area contributed by atoms with Gasteiger partial charge in [-0.2, -0.15) is 5.10 Å². The van der Waals surface area contributed by atoms with Crippen molar-refractivity contribution in [3.8, 4) is 0 Å². The van der Waals surface area contributed by atoms with E-state index in [-0.39, 0.29) is 18.0 Å². The van der Waals surface area contributed by atoms with E-state index in [9.17, 15) is 4.79 Å². The molecule has 102 valence electrons. The van der Waals surface area contributed by atoms with E-state index in [0.717, 1.165) is 17.5 Å². The fourth-order valence-electron chi connectivity index (χ4n) is 1.85. The highest BCUT2D eigenvalue weighted by Crippen LogP contribution is 2.16. The van der Waals surface area contributed by atoms with Crippen molar-refractivity contribution in [3.05, 3.63) is 24.0 Å². The Morgan fingerprint density at radius 3 is 2.74 bits per heavy atom. The first-order valence-corrected chi connectivity index (χ1v) is 6.67. The molecule has 2 heterocycles. The Morgan fingerprint density at radius 2 is 2.11 bits per heavy atom. The second-order valence-corrected chi connectivity index (χ2v) is 5.10. The van der Waals surface area contributed by atoms with Gasteiger partial charge in [0.1, 0.15) is 0 Å². The molecule has 19 heavy (non-hydrogen) atoms. The summed E-state index contributed by atoms with van der Waals surface area (Å²) in [6, 6.07) is 2.26. The van der Waals surface area contributed by atoms with Gasteiger partial charge in [-0.1, -0.05) is 6.92 Å². The summed E-state index contributed by atoms with van der Waals surface area (Å²) in [6.45, 7) is 8.13. The Labute approximate surface area is 113 Å². The van der Waals surface area contributed by atoms with Crippen LogP contribution in [-0.2, 0) is 0 Å². The third kappa shape index (κ3) is 2.75. The van der Waals surface area contributed by atoms with E-state index < -0.39 is 0 Å². The van der Waals surface area contributed by atoms with Gasteiger partial charge in [-0.05, 0) is 33.3 Å². The normalized spacial score (nSPS) is 12.9. The highest BCUT2D eigenvalue weighted by molar-refractivity contribution is 5.96. The summed E-state index contributed by atoms with van der Waals surface area (Å²) in [5.41, 5.74) is 1.39. The highest BCUT2D eigenvalue weighted by atomic mass is 16.1. The van der Waals surface area contributed by atoms with E-state index in [1.807, 2.05) is 24.6 Å². The maximum Gasteiger partial charge on any atom is 0.253 e. The van der Waals surface area contributed by atoms with Crippen molar-refractivity contribution in [2.45, 2.75) is 46.2 Å². The zero-order valence-electron chi connectivity index (χ0n) is 11.8. The number of pyridine rings is 1. The van der Waals surface area contributed by atoms with E-state index in [1.54, 1.807) is 12.4 Å². The van der Waals surface area contributed by atoms with E-state index >= 15 is 0 Å². The van der Waals surface area contributed by atoms with Gasteiger partial charge in [0.25, 0.3) is 5.91 Å². The van der Waals surface area contributed by atoms with Gasteiger partial charge in [0, 0.05) is 23.7 Å². The fourth-order valence-corrected chi connectivity index (χ4v) is 1.85. The Kier molecular flexibility index (Phi) is 3.83. The number of aromatic nitrogens is 3. The van der Waals surface area contributed by atoms with Gasteiger partial charge in [0.05, 0.1) is 11.8 Å². The zero-order valence-corrected chi connectivity index (χ0v) is 11.8. The summed E-state index contributed by atoms with van der Waals surface area (Å²) in [5.74, 6) is -0.0824. The number of amides is 1. The molecule has 1 atom stereocenters. The Morgan fingerprint density at radius 1 is 1.37 bits per heavy atom. The van der Waals surface area contributed by atoms with Crippen LogP contribution in [0.1, 0.15) is 50.5 Å². The second kappa shape index (κ2) is 5.38. The van der Waals surface area contributed by atoms with Gasteiger partial charge in [0.15, 0.2) is 5.65 Å². The Bertz CT molecular complexity index is 588. The van der Waals surface area contributed by atoms with E-state index in [0.29, 0.717) is 5.56 Å². The summed E-state index contributed by atoms with van der Waals surface area (Å²) >= 11 is 0. The summed E-state index contributed by atoms with van der Waals surface area (Å²) in [7, 11) is 0. The first-order valence-electron chi connectivity index (χ1n) is 6.67. The molecule has 0 unspecified atom stereocenters. The topological polar surface area (TPSA) is 59.8 Å². The molecule has 5 heteroatoms. The molecule has 2 aromatic heterocycles. The van der Waals surface area contributed by atoms with Crippen LogP contribution in [0, 0.1) is 0 Å². The van der Waals surface area contributed by atoms with Gasteiger partial charge in [-0.15, -0.1) is 0 Å². The SMILES string of the molecule is CC[C@H](C)NC(=O)c1cnc2c(cnn2C(C)C)c1. The molecule has 1 amide bonds.